The highest BCUT2D eigenvalue weighted by molar-refractivity contribution is 5.87. The third-order valence-corrected chi connectivity index (χ3v) is 4.43. The minimum absolute atomic E-state index is 0.110. The molecule has 0 aliphatic carbocycles. The smallest absolute Gasteiger partial charge is 0.387 e. The molecule has 9 heteroatoms. The van der Waals surface area contributed by atoms with Gasteiger partial charge in [-0.1, -0.05) is 58.8 Å². The van der Waals surface area contributed by atoms with Gasteiger partial charge in [0.25, 0.3) is 5.88 Å². The Morgan fingerprint density at radius 2 is 1.26 bits per heavy atom. The van der Waals surface area contributed by atoms with Crippen LogP contribution in [0, 0.1) is 0 Å². The van der Waals surface area contributed by atoms with Gasteiger partial charge in [0.15, 0.2) is 0 Å². The third-order valence-electron chi connectivity index (χ3n) is 4.43. The van der Waals surface area contributed by atoms with Crippen LogP contribution in [0.1, 0.15) is 10.5 Å². The molecule has 0 unspecified atom stereocenters. The number of nitrogens with zero attached hydrogens (tertiary/aromatic N) is 2. The predicted molar refractivity (Wildman–Crippen MR) is 107 cm³/mol. The fourth-order valence-corrected chi connectivity index (χ4v) is 2.94. The maximum Gasteiger partial charge on any atom is 0.387 e. The number of carbonyl (C=O) groups is 1. The minimum Gasteiger partial charge on any atom is -0.476 e. The first-order valence-electron chi connectivity index (χ1n) is 9.07. The lowest BCUT2D eigenvalue weighted by molar-refractivity contribution is -0.0498. The third kappa shape index (κ3) is 4.67. The van der Waals surface area contributed by atoms with Gasteiger partial charge in [-0.05, 0) is 46.5 Å². The molecule has 0 atom stereocenters. The Morgan fingerprint density at radius 1 is 0.806 bits per heavy atom. The summed E-state index contributed by atoms with van der Waals surface area (Å²) in [5, 5.41) is 18.4. The highest BCUT2D eigenvalue weighted by atomic mass is 19.3. The van der Waals surface area contributed by atoms with Crippen molar-refractivity contribution in [1.29, 1.82) is 0 Å². The van der Waals surface area contributed by atoms with Gasteiger partial charge < -0.3 is 14.6 Å². The van der Waals surface area contributed by atoms with Gasteiger partial charge in [0.2, 0.25) is 5.69 Å². The molecule has 0 amide bonds. The van der Waals surface area contributed by atoms with Crippen molar-refractivity contribution in [1.82, 2.24) is 15.4 Å². The molecule has 0 aliphatic rings. The van der Waals surface area contributed by atoms with Crippen molar-refractivity contribution in [3.8, 4) is 39.6 Å². The summed E-state index contributed by atoms with van der Waals surface area (Å²) in [7, 11) is 0. The first kappa shape index (κ1) is 20.0. The summed E-state index contributed by atoms with van der Waals surface area (Å²) in [6, 6.07) is 21.2. The van der Waals surface area contributed by atoms with Crippen molar-refractivity contribution in [2.24, 2.45) is 0 Å². The van der Waals surface area contributed by atoms with E-state index in [1.807, 2.05) is 36.4 Å². The Labute approximate surface area is 174 Å². The van der Waals surface area contributed by atoms with Crippen molar-refractivity contribution in [3.63, 3.8) is 0 Å². The number of hydrogen-bond donors (Lipinski definition) is 2. The number of aromatic carboxylic acids is 1. The van der Waals surface area contributed by atoms with Gasteiger partial charge in [-0.3, -0.25) is 0 Å². The molecule has 31 heavy (non-hydrogen) atoms. The van der Waals surface area contributed by atoms with Gasteiger partial charge >= 0.3 is 12.6 Å². The van der Waals surface area contributed by atoms with Gasteiger partial charge in [0.05, 0.1) is 0 Å². The standard InChI is InChI=1S/C22H15F2N3O4/c23-22(24)31-18-11-7-16(8-12-18)14-3-1-13(2-4-14)15-5-9-17(10-6-15)30-20-19(21(28)29)25-27-26-20/h1-12,22H,(H,28,29)(H,25,26,27). The zero-order valence-electron chi connectivity index (χ0n) is 15.8. The number of nitrogens with one attached hydrogen (secondary N) is 1. The van der Waals surface area contributed by atoms with E-state index < -0.39 is 12.6 Å². The first-order chi connectivity index (χ1) is 15.0. The molecule has 0 spiro atoms. The van der Waals surface area contributed by atoms with Crippen LogP contribution >= 0.6 is 0 Å². The number of aromatic amines is 1. The highest BCUT2D eigenvalue weighted by Crippen LogP contribution is 2.29. The van der Waals surface area contributed by atoms with Crippen molar-refractivity contribution in [2.75, 3.05) is 0 Å². The number of aromatic nitrogens is 3. The SMILES string of the molecule is O=C(O)c1[nH]nnc1Oc1ccc(-c2ccc(-c3ccc(OC(F)F)cc3)cc2)cc1. The molecule has 156 valence electrons. The number of alkyl halides is 2. The molecule has 0 saturated heterocycles. The molecule has 4 rings (SSSR count). The molecule has 1 aromatic heterocycles. The first-order valence-corrected chi connectivity index (χ1v) is 9.07. The van der Waals surface area contributed by atoms with Gasteiger partial charge in [0.1, 0.15) is 11.5 Å². The summed E-state index contributed by atoms with van der Waals surface area (Å²) >= 11 is 0. The second kappa shape index (κ2) is 8.62. The number of hydrogen-bond acceptors (Lipinski definition) is 5. The summed E-state index contributed by atoms with van der Waals surface area (Å²) in [5.74, 6) is -0.802. The Morgan fingerprint density at radius 3 is 1.71 bits per heavy atom. The van der Waals surface area contributed by atoms with Crippen LogP contribution in [0.4, 0.5) is 8.78 Å². The maximum atomic E-state index is 12.3. The molecule has 0 bridgehead atoms. The fourth-order valence-electron chi connectivity index (χ4n) is 2.94. The number of halogens is 2. The van der Waals surface area contributed by atoms with Gasteiger partial charge in [-0.2, -0.15) is 8.78 Å². The molecule has 0 radical (unpaired) electrons. The molecular weight excluding hydrogens is 408 g/mol. The second-order valence-corrected chi connectivity index (χ2v) is 6.40. The van der Waals surface area contributed by atoms with Crippen LogP contribution in [0.3, 0.4) is 0 Å². The van der Waals surface area contributed by atoms with E-state index in [9.17, 15) is 13.6 Å². The van der Waals surface area contributed by atoms with Crippen LogP contribution < -0.4 is 9.47 Å². The predicted octanol–water partition coefficient (Wildman–Crippen LogP) is 5.23. The van der Waals surface area contributed by atoms with E-state index >= 15 is 0 Å². The van der Waals surface area contributed by atoms with Crippen LogP contribution in [0.2, 0.25) is 0 Å². The molecular formula is C22H15F2N3O4. The van der Waals surface area contributed by atoms with Crippen LogP contribution in [-0.2, 0) is 0 Å². The maximum absolute atomic E-state index is 12.3. The molecule has 4 aromatic rings. The summed E-state index contributed by atoms with van der Waals surface area (Å²) < 4.78 is 34.3. The van der Waals surface area contributed by atoms with Crippen LogP contribution in [0.25, 0.3) is 22.3 Å². The fraction of sp³-hybridized carbons (Fsp3) is 0.0455. The summed E-state index contributed by atoms with van der Waals surface area (Å²) in [6.07, 6.45) is 0. The van der Waals surface area contributed by atoms with E-state index in [1.54, 1.807) is 24.3 Å². The second-order valence-electron chi connectivity index (χ2n) is 6.40. The average molecular weight is 423 g/mol. The summed E-state index contributed by atoms with van der Waals surface area (Å²) in [5.41, 5.74) is 3.46. The lowest BCUT2D eigenvalue weighted by Crippen LogP contribution is -2.01. The Bertz CT molecular complexity index is 1170. The Kier molecular flexibility index (Phi) is 5.57. The number of H-pyrrole nitrogens is 1. The molecule has 0 aliphatic heterocycles. The van der Waals surface area contributed by atoms with Crippen molar-refractivity contribution in [2.45, 2.75) is 6.61 Å². The van der Waals surface area contributed by atoms with Crippen molar-refractivity contribution >= 4 is 5.97 Å². The van der Waals surface area contributed by atoms with Gasteiger partial charge in [0, 0.05) is 0 Å². The van der Waals surface area contributed by atoms with Crippen LogP contribution in [0.15, 0.2) is 72.8 Å². The zero-order chi connectivity index (χ0) is 21.8. The lowest BCUT2D eigenvalue weighted by atomic mass is 10.0. The molecule has 0 fully saturated rings. The molecule has 3 aromatic carbocycles. The van der Waals surface area contributed by atoms with Crippen LogP contribution in [-0.4, -0.2) is 33.1 Å². The molecule has 2 N–H and O–H groups in total. The quantitative estimate of drug-likeness (QED) is 0.422. The molecule has 0 saturated carbocycles. The summed E-state index contributed by atoms with van der Waals surface area (Å²) in [6.45, 7) is -2.85. The number of ether oxygens (including phenoxy) is 2. The number of carboxylic acids is 1. The number of benzene rings is 3. The van der Waals surface area contributed by atoms with E-state index in [-0.39, 0.29) is 17.3 Å². The molecule has 7 nitrogen and oxygen atoms in total. The monoisotopic (exact) mass is 423 g/mol. The highest BCUT2D eigenvalue weighted by Gasteiger charge is 2.16. The topological polar surface area (TPSA) is 97.3 Å². The van der Waals surface area contributed by atoms with Crippen LogP contribution in [0.5, 0.6) is 17.4 Å². The average Bonchev–Trinajstić information content (AvgIpc) is 3.23. The lowest BCUT2D eigenvalue weighted by Gasteiger charge is -2.08. The van der Waals surface area contributed by atoms with Gasteiger partial charge in [-0.15, -0.1) is 0 Å². The van der Waals surface area contributed by atoms with Gasteiger partial charge in [-0.25, -0.2) is 9.89 Å². The normalized spacial score (nSPS) is 10.8. The number of carboxylic acid groups (broad SMARTS) is 1. The largest absolute Gasteiger partial charge is 0.476 e. The number of rotatable bonds is 7. The minimum atomic E-state index is -2.85. The van der Waals surface area contributed by atoms with E-state index in [4.69, 9.17) is 9.84 Å². The Balaban J connectivity index is 1.46. The van der Waals surface area contributed by atoms with Crippen molar-refractivity contribution < 1.29 is 28.2 Å². The van der Waals surface area contributed by atoms with E-state index in [0.717, 1.165) is 22.3 Å². The van der Waals surface area contributed by atoms with E-state index in [0.29, 0.717) is 5.75 Å². The summed E-state index contributed by atoms with van der Waals surface area (Å²) in [4.78, 5) is 11.1. The van der Waals surface area contributed by atoms with E-state index in [2.05, 4.69) is 20.1 Å². The Hall–Kier alpha value is -4.27. The van der Waals surface area contributed by atoms with E-state index in [1.165, 1.54) is 12.1 Å². The zero-order valence-corrected chi connectivity index (χ0v) is 15.8. The van der Waals surface area contributed by atoms with Crippen molar-refractivity contribution in [3.05, 3.63) is 78.5 Å². The molecule has 1 heterocycles.